The number of nitrogens with zero attached hydrogens (tertiary/aromatic N) is 1. The largest absolute Gasteiger partial charge is 0.497 e. The second-order valence-electron chi connectivity index (χ2n) is 6.73. The van der Waals surface area contributed by atoms with Gasteiger partial charge in [0, 0.05) is 24.0 Å². The molecule has 0 unspecified atom stereocenters. The van der Waals surface area contributed by atoms with E-state index in [0.717, 1.165) is 28.1 Å². The number of nitrogens with one attached hydrogen (secondary N) is 2. The van der Waals surface area contributed by atoms with Crippen LogP contribution in [-0.2, 0) is 6.54 Å². The Hall–Kier alpha value is -3.67. The average Bonchev–Trinajstić information content (AvgIpc) is 2.74. The average molecular weight is 389 g/mol. The summed E-state index contributed by atoms with van der Waals surface area (Å²) in [6, 6.07) is 16.3. The van der Waals surface area contributed by atoms with Gasteiger partial charge in [-0.15, -0.1) is 0 Å². The van der Waals surface area contributed by atoms with Crippen LogP contribution in [0, 0.1) is 13.8 Å². The molecule has 6 nitrogen and oxygen atoms in total. The molecule has 0 aliphatic heterocycles. The molecule has 2 N–H and O–H groups in total. The van der Waals surface area contributed by atoms with Crippen molar-refractivity contribution in [3.8, 4) is 5.75 Å². The van der Waals surface area contributed by atoms with Crippen LogP contribution in [0.1, 0.15) is 37.5 Å². The lowest BCUT2D eigenvalue weighted by atomic mass is 10.1. The van der Waals surface area contributed by atoms with E-state index in [-0.39, 0.29) is 17.5 Å². The van der Waals surface area contributed by atoms with Gasteiger partial charge in [0.05, 0.1) is 7.11 Å². The Morgan fingerprint density at radius 2 is 1.72 bits per heavy atom. The molecule has 2 amide bonds. The summed E-state index contributed by atoms with van der Waals surface area (Å²) in [5.41, 5.74) is 4.31. The van der Waals surface area contributed by atoms with E-state index in [0.29, 0.717) is 12.1 Å². The molecule has 0 aliphatic rings. The standard InChI is InChI=1S/C23H23N3O3/c1-15-4-9-20(16(2)12-15)26-23(28)21-13-18(10-11-24-21)22(27)25-14-17-5-7-19(29-3)8-6-17/h4-13H,14H2,1-3H3,(H,25,27)(H,26,28). The Morgan fingerprint density at radius 3 is 2.41 bits per heavy atom. The number of rotatable bonds is 6. The number of aromatic nitrogens is 1. The summed E-state index contributed by atoms with van der Waals surface area (Å²) >= 11 is 0. The van der Waals surface area contributed by atoms with Gasteiger partial charge in [0.1, 0.15) is 11.4 Å². The van der Waals surface area contributed by atoms with Crippen LogP contribution in [0.3, 0.4) is 0 Å². The molecule has 3 aromatic rings. The van der Waals surface area contributed by atoms with Gasteiger partial charge in [-0.05, 0) is 55.3 Å². The quantitative estimate of drug-likeness (QED) is 0.670. The third kappa shape index (κ3) is 5.19. The number of carbonyl (C=O) groups excluding carboxylic acids is 2. The summed E-state index contributed by atoms with van der Waals surface area (Å²) in [4.78, 5) is 29.1. The predicted octanol–water partition coefficient (Wildman–Crippen LogP) is 3.89. The first-order valence-corrected chi connectivity index (χ1v) is 9.22. The molecule has 0 atom stereocenters. The Labute approximate surface area is 169 Å². The summed E-state index contributed by atoms with van der Waals surface area (Å²) < 4.78 is 5.12. The first-order valence-electron chi connectivity index (χ1n) is 9.22. The smallest absolute Gasteiger partial charge is 0.274 e. The van der Waals surface area contributed by atoms with Crippen LogP contribution >= 0.6 is 0 Å². The minimum Gasteiger partial charge on any atom is -0.497 e. The minimum atomic E-state index is -0.359. The zero-order valence-electron chi connectivity index (χ0n) is 16.7. The predicted molar refractivity (Wildman–Crippen MR) is 112 cm³/mol. The summed E-state index contributed by atoms with van der Waals surface area (Å²) in [7, 11) is 1.61. The van der Waals surface area contributed by atoms with Gasteiger partial charge < -0.3 is 15.4 Å². The molecule has 0 saturated heterocycles. The Balaban J connectivity index is 1.65. The zero-order valence-corrected chi connectivity index (χ0v) is 16.7. The SMILES string of the molecule is COc1ccc(CNC(=O)c2ccnc(C(=O)Nc3ccc(C)cc3C)c2)cc1. The lowest BCUT2D eigenvalue weighted by Crippen LogP contribution is -2.23. The number of hydrogen-bond acceptors (Lipinski definition) is 4. The highest BCUT2D eigenvalue weighted by atomic mass is 16.5. The summed E-state index contributed by atoms with van der Waals surface area (Å²) in [5, 5.41) is 5.69. The van der Waals surface area contributed by atoms with Crippen LogP contribution < -0.4 is 15.4 Å². The fourth-order valence-corrected chi connectivity index (χ4v) is 2.86. The third-order valence-electron chi connectivity index (χ3n) is 4.50. The molecule has 0 bridgehead atoms. The molecule has 0 spiro atoms. The maximum atomic E-state index is 12.5. The van der Waals surface area contributed by atoms with E-state index in [1.165, 1.54) is 12.3 Å². The minimum absolute atomic E-state index is 0.182. The Bertz CT molecular complexity index is 1030. The molecule has 0 aliphatic carbocycles. The van der Waals surface area contributed by atoms with Crippen LogP contribution in [0.5, 0.6) is 5.75 Å². The first-order chi connectivity index (χ1) is 14.0. The van der Waals surface area contributed by atoms with Gasteiger partial charge in [-0.3, -0.25) is 14.6 Å². The summed E-state index contributed by atoms with van der Waals surface area (Å²) in [5.74, 6) is 0.124. The van der Waals surface area contributed by atoms with Crippen molar-refractivity contribution in [2.45, 2.75) is 20.4 Å². The second-order valence-corrected chi connectivity index (χ2v) is 6.73. The lowest BCUT2D eigenvalue weighted by molar-refractivity contribution is 0.0951. The van der Waals surface area contributed by atoms with E-state index in [9.17, 15) is 9.59 Å². The van der Waals surface area contributed by atoms with Gasteiger partial charge in [-0.1, -0.05) is 29.8 Å². The van der Waals surface area contributed by atoms with Crippen molar-refractivity contribution in [3.05, 3.63) is 88.7 Å². The molecular weight excluding hydrogens is 366 g/mol. The van der Waals surface area contributed by atoms with Crippen molar-refractivity contribution in [2.24, 2.45) is 0 Å². The second kappa shape index (κ2) is 9.01. The van der Waals surface area contributed by atoms with E-state index in [1.807, 2.05) is 56.3 Å². The highest BCUT2D eigenvalue weighted by molar-refractivity contribution is 6.05. The van der Waals surface area contributed by atoms with Crippen LogP contribution in [0.4, 0.5) is 5.69 Å². The number of carbonyl (C=O) groups is 2. The molecule has 1 heterocycles. The van der Waals surface area contributed by atoms with Crippen LogP contribution in [0.2, 0.25) is 0 Å². The molecule has 0 radical (unpaired) electrons. The molecule has 148 valence electrons. The Morgan fingerprint density at radius 1 is 0.966 bits per heavy atom. The fourth-order valence-electron chi connectivity index (χ4n) is 2.86. The number of hydrogen-bond donors (Lipinski definition) is 2. The fraction of sp³-hybridized carbons (Fsp3) is 0.174. The van der Waals surface area contributed by atoms with Crippen molar-refractivity contribution in [1.29, 1.82) is 0 Å². The molecular formula is C23H23N3O3. The number of ether oxygens (including phenoxy) is 1. The number of anilines is 1. The van der Waals surface area contributed by atoms with E-state index < -0.39 is 0 Å². The van der Waals surface area contributed by atoms with Crippen molar-refractivity contribution in [1.82, 2.24) is 10.3 Å². The normalized spacial score (nSPS) is 10.3. The molecule has 2 aromatic carbocycles. The highest BCUT2D eigenvalue weighted by Gasteiger charge is 2.13. The first kappa shape index (κ1) is 20.1. The van der Waals surface area contributed by atoms with Crippen molar-refractivity contribution in [2.75, 3.05) is 12.4 Å². The monoisotopic (exact) mass is 389 g/mol. The summed E-state index contributed by atoms with van der Waals surface area (Å²) in [6.45, 7) is 4.29. The molecule has 1 aromatic heterocycles. The van der Waals surface area contributed by atoms with Gasteiger partial charge in [-0.25, -0.2) is 0 Å². The molecule has 6 heteroatoms. The number of methoxy groups -OCH3 is 1. The molecule has 0 fully saturated rings. The van der Waals surface area contributed by atoms with Crippen molar-refractivity contribution < 1.29 is 14.3 Å². The van der Waals surface area contributed by atoms with Crippen LogP contribution in [0.15, 0.2) is 60.8 Å². The maximum Gasteiger partial charge on any atom is 0.274 e. The topological polar surface area (TPSA) is 80.3 Å². The molecule has 29 heavy (non-hydrogen) atoms. The lowest BCUT2D eigenvalue weighted by Gasteiger charge is -2.10. The third-order valence-corrected chi connectivity index (χ3v) is 4.50. The summed E-state index contributed by atoms with van der Waals surface area (Å²) in [6.07, 6.45) is 1.46. The van der Waals surface area contributed by atoms with Crippen LogP contribution in [-0.4, -0.2) is 23.9 Å². The number of pyridine rings is 1. The number of amides is 2. The van der Waals surface area contributed by atoms with Gasteiger partial charge in [0.25, 0.3) is 11.8 Å². The van der Waals surface area contributed by atoms with Gasteiger partial charge >= 0.3 is 0 Å². The highest BCUT2D eigenvalue weighted by Crippen LogP contribution is 2.17. The zero-order chi connectivity index (χ0) is 20.8. The molecule has 0 saturated carbocycles. The number of benzene rings is 2. The van der Waals surface area contributed by atoms with Crippen molar-refractivity contribution >= 4 is 17.5 Å². The maximum absolute atomic E-state index is 12.5. The van der Waals surface area contributed by atoms with Gasteiger partial charge in [0.2, 0.25) is 0 Å². The van der Waals surface area contributed by atoms with E-state index in [4.69, 9.17) is 4.74 Å². The van der Waals surface area contributed by atoms with Gasteiger partial charge in [-0.2, -0.15) is 0 Å². The molecule has 3 rings (SSSR count). The van der Waals surface area contributed by atoms with Gasteiger partial charge in [0.15, 0.2) is 0 Å². The Kier molecular flexibility index (Phi) is 6.24. The number of aryl methyl sites for hydroxylation is 2. The van der Waals surface area contributed by atoms with E-state index in [1.54, 1.807) is 13.2 Å². The van der Waals surface area contributed by atoms with Crippen LogP contribution in [0.25, 0.3) is 0 Å². The van der Waals surface area contributed by atoms with E-state index in [2.05, 4.69) is 15.6 Å². The van der Waals surface area contributed by atoms with Crippen molar-refractivity contribution in [3.63, 3.8) is 0 Å². The van der Waals surface area contributed by atoms with E-state index >= 15 is 0 Å².